The first-order valence-electron chi connectivity index (χ1n) is 13.1. The van der Waals surface area contributed by atoms with Gasteiger partial charge in [0.15, 0.2) is 0 Å². The Labute approximate surface area is 233 Å². The van der Waals surface area contributed by atoms with Gasteiger partial charge in [0, 0.05) is 37.8 Å². The van der Waals surface area contributed by atoms with E-state index in [9.17, 15) is 9.18 Å². The highest BCUT2D eigenvalue weighted by Gasteiger charge is 2.24. The summed E-state index contributed by atoms with van der Waals surface area (Å²) in [7, 11) is 1.63. The summed E-state index contributed by atoms with van der Waals surface area (Å²) in [5, 5.41) is 11.7. The molecule has 3 atom stereocenters. The van der Waals surface area contributed by atoms with Gasteiger partial charge in [-0.15, -0.1) is 0 Å². The minimum absolute atomic E-state index is 0.0550. The van der Waals surface area contributed by atoms with Gasteiger partial charge in [0.2, 0.25) is 11.8 Å². The molecule has 0 saturated heterocycles. The molecule has 1 N–H and O–H groups in total. The Morgan fingerprint density at radius 3 is 2.50 bits per heavy atom. The van der Waals surface area contributed by atoms with E-state index in [0.29, 0.717) is 41.8 Å². The fourth-order valence-corrected chi connectivity index (χ4v) is 4.66. The summed E-state index contributed by atoms with van der Waals surface area (Å²) in [6.07, 6.45) is 9.22. The summed E-state index contributed by atoms with van der Waals surface area (Å²) < 4.78 is 40.7. The average molecular weight is 544 g/mol. The first-order chi connectivity index (χ1) is 19.4. The number of carbonyl (C=O) groups is 1. The molecule has 206 valence electrons. The molecule has 1 amide bonds. The van der Waals surface area contributed by atoms with E-state index in [1.165, 1.54) is 25.1 Å². The Kier molecular flexibility index (Phi) is 9.76. The molecule has 4 rings (SSSR count). The summed E-state index contributed by atoms with van der Waals surface area (Å²) in [6.45, 7) is 1.84. The fraction of sp³-hybridized carbons (Fsp3) is 0.281. The van der Waals surface area contributed by atoms with Crippen LogP contribution in [0.1, 0.15) is 30.0 Å². The standard InChI is InChI=1S/C32H31F2N3O3/c1-21(38)36-19-28(39-2)16-24-7-4-3-6-23(24)15-25-12-13-26(17-30(25)34)31-8-5-9-32(37-31)40-20-27-11-10-22(18-35)14-29(27)33/h3-14,17,23-24,28H,15-16,19-20H2,1-2H3,(H,36,38). The predicted octanol–water partition coefficient (Wildman–Crippen LogP) is 5.92. The van der Waals surface area contributed by atoms with Crippen molar-refractivity contribution >= 4 is 5.91 Å². The molecule has 1 heterocycles. The van der Waals surface area contributed by atoms with Gasteiger partial charge < -0.3 is 14.8 Å². The lowest BCUT2D eigenvalue weighted by atomic mass is 9.80. The monoisotopic (exact) mass is 543 g/mol. The molecule has 40 heavy (non-hydrogen) atoms. The van der Waals surface area contributed by atoms with E-state index in [2.05, 4.69) is 22.5 Å². The van der Waals surface area contributed by atoms with Crippen LogP contribution in [0.15, 0.2) is 78.9 Å². The van der Waals surface area contributed by atoms with Crippen molar-refractivity contribution in [2.45, 2.75) is 32.5 Å². The number of carbonyl (C=O) groups excluding carboxylic acids is 1. The summed E-state index contributed by atoms with van der Waals surface area (Å²) in [4.78, 5) is 15.8. The van der Waals surface area contributed by atoms with Gasteiger partial charge in [-0.2, -0.15) is 5.26 Å². The SMILES string of the molecule is COC(CNC(C)=O)CC1C=CC=CC1Cc1ccc(-c2cccc(OCc3ccc(C#N)cc3F)n2)cc1F. The molecule has 1 aliphatic carbocycles. The van der Waals surface area contributed by atoms with Crippen LogP contribution in [0.3, 0.4) is 0 Å². The van der Waals surface area contributed by atoms with E-state index in [-0.39, 0.29) is 47.7 Å². The minimum atomic E-state index is -0.524. The first kappa shape index (κ1) is 28.7. The molecule has 3 unspecified atom stereocenters. The second-order valence-corrected chi connectivity index (χ2v) is 9.71. The highest BCUT2D eigenvalue weighted by Crippen LogP contribution is 2.30. The summed E-state index contributed by atoms with van der Waals surface area (Å²) >= 11 is 0. The number of hydrogen-bond donors (Lipinski definition) is 1. The number of methoxy groups -OCH3 is 1. The van der Waals surface area contributed by atoms with Crippen LogP contribution >= 0.6 is 0 Å². The van der Waals surface area contributed by atoms with Crippen LogP contribution in [0.4, 0.5) is 8.78 Å². The summed E-state index contributed by atoms with van der Waals surface area (Å²) in [5.41, 5.74) is 2.26. The molecule has 1 aromatic heterocycles. The van der Waals surface area contributed by atoms with Crippen molar-refractivity contribution in [3.63, 3.8) is 0 Å². The fourth-order valence-electron chi connectivity index (χ4n) is 4.66. The third kappa shape index (κ3) is 7.61. The Morgan fingerprint density at radius 1 is 1.05 bits per heavy atom. The van der Waals surface area contributed by atoms with Crippen LogP contribution in [0.2, 0.25) is 0 Å². The van der Waals surface area contributed by atoms with Crippen molar-refractivity contribution in [2.24, 2.45) is 11.8 Å². The zero-order valence-electron chi connectivity index (χ0n) is 22.4. The number of benzene rings is 2. The molecule has 0 aliphatic heterocycles. The quantitative estimate of drug-likeness (QED) is 0.325. The lowest BCUT2D eigenvalue weighted by Gasteiger charge is -2.28. The number of allylic oxidation sites excluding steroid dienone is 4. The van der Waals surface area contributed by atoms with Crippen LogP contribution in [0.5, 0.6) is 5.88 Å². The number of rotatable bonds is 11. The Morgan fingerprint density at radius 2 is 1.80 bits per heavy atom. The number of hydrogen-bond acceptors (Lipinski definition) is 5. The van der Waals surface area contributed by atoms with Crippen molar-refractivity contribution in [1.29, 1.82) is 5.26 Å². The number of ether oxygens (including phenoxy) is 2. The minimum Gasteiger partial charge on any atom is -0.473 e. The maximum Gasteiger partial charge on any atom is 0.216 e. The zero-order chi connectivity index (χ0) is 28.5. The van der Waals surface area contributed by atoms with Gasteiger partial charge in [-0.3, -0.25) is 4.79 Å². The molecule has 0 fully saturated rings. The van der Waals surface area contributed by atoms with Crippen molar-refractivity contribution in [3.8, 4) is 23.2 Å². The van der Waals surface area contributed by atoms with Crippen molar-refractivity contribution in [1.82, 2.24) is 10.3 Å². The van der Waals surface area contributed by atoms with Gasteiger partial charge in [0.25, 0.3) is 0 Å². The van der Waals surface area contributed by atoms with Gasteiger partial charge in [0.05, 0.1) is 23.4 Å². The number of nitrogens with one attached hydrogen (secondary N) is 1. The summed E-state index contributed by atoms with van der Waals surface area (Å²) in [6, 6.07) is 16.3. The lowest BCUT2D eigenvalue weighted by Crippen LogP contribution is -2.34. The highest BCUT2D eigenvalue weighted by molar-refractivity contribution is 5.72. The number of aromatic nitrogens is 1. The second kappa shape index (κ2) is 13.6. The number of nitrogens with zero attached hydrogens (tertiary/aromatic N) is 2. The van der Waals surface area contributed by atoms with Crippen molar-refractivity contribution in [3.05, 3.63) is 107 Å². The van der Waals surface area contributed by atoms with Crippen molar-refractivity contribution < 1.29 is 23.0 Å². The lowest BCUT2D eigenvalue weighted by molar-refractivity contribution is -0.119. The van der Waals surface area contributed by atoms with Gasteiger partial charge in [-0.1, -0.05) is 48.6 Å². The topological polar surface area (TPSA) is 84.2 Å². The van der Waals surface area contributed by atoms with Gasteiger partial charge in [-0.05, 0) is 54.5 Å². The Bertz CT molecular complexity index is 1450. The van der Waals surface area contributed by atoms with E-state index in [1.807, 2.05) is 24.3 Å². The first-order valence-corrected chi connectivity index (χ1v) is 13.1. The zero-order valence-corrected chi connectivity index (χ0v) is 22.4. The van der Waals surface area contributed by atoms with Crippen LogP contribution < -0.4 is 10.1 Å². The molecule has 1 aliphatic rings. The van der Waals surface area contributed by atoms with Crippen LogP contribution in [-0.2, 0) is 22.6 Å². The second-order valence-electron chi connectivity index (χ2n) is 9.71. The van der Waals surface area contributed by atoms with Crippen LogP contribution in [0, 0.1) is 34.8 Å². The predicted molar refractivity (Wildman–Crippen MR) is 148 cm³/mol. The van der Waals surface area contributed by atoms with Crippen LogP contribution in [-0.4, -0.2) is 30.6 Å². The molecule has 8 heteroatoms. The third-order valence-corrected chi connectivity index (χ3v) is 6.91. The van der Waals surface area contributed by atoms with Crippen LogP contribution in [0.25, 0.3) is 11.3 Å². The van der Waals surface area contributed by atoms with E-state index in [4.69, 9.17) is 14.7 Å². The van der Waals surface area contributed by atoms with E-state index in [0.717, 1.165) is 6.07 Å². The number of halogens is 2. The Balaban J connectivity index is 1.42. The smallest absolute Gasteiger partial charge is 0.216 e. The normalized spacial score (nSPS) is 16.8. The molecule has 2 aromatic carbocycles. The molecule has 0 spiro atoms. The molecule has 6 nitrogen and oxygen atoms in total. The average Bonchev–Trinajstić information content (AvgIpc) is 2.96. The van der Waals surface area contributed by atoms with Gasteiger partial charge in [-0.25, -0.2) is 13.8 Å². The highest BCUT2D eigenvalue weighted by atomic mass is 19.1. The van der Waals surface area contributed by atoms with Crippen molar-refractivity contribution in [2.75, 3.05) is 13.7 Å². The van der Waals surface area contributed by atoms with Gasteiger partial charge >= 0.3 is 0 Å². The molecule has 3 aromatic rings. The molecule has 0 radical (unpaired) electrons. The number of pyridine rings is 1. The molecule has 0 saturated carbocycles. The largest absolute Gasteiger partial charge is 0.473 e. The van der Waals surface area contributed by atoms with E-state index < -0.39 is 5.82 Å². The Hall–Kier alpha value is -4.35. The molecule has 0 bridgehead atoms. The summed E-state index contributed by atoms with van der Waals surface area (Å²) in [5.74, 6) is -0.458. The molecular weight excluding hydrogens is 512 g/mol. The van der Waals surface area contributed by atoms with Gasteiger partial charge in [0.1, 0.15) is 18.2 Å². The maximum absolute atomic E-state index is 15.3. The van der Waals surface area contributed by atoms with E-state index in [1.54, 1.807) is 31.4 Å². The maximum atomic E-state index is 15.3. The third-order valence-electron chi connectivity index (χ3n) is 6.91. The number of amides is 1. The molecular formula is C32H31F2N3O3. The number of nitriles is 1. The van der Waals surface area contributed by atoms with E-state index >= 15 is 4.39 Å².